The second kappa shape index (κ2) is 18.0. The van der Waals surface area contributed by atoms with Gasteiger partial charge in [0.1, 0.15) is 5.75 Å². The zero-order valence-electron chi connectivity index (χ0n) is 24.6. The summed E-state index contributed by atoms with van der Waals surface area (Å²) in [6.07, 6.45) is 18.4. The Balaban J connectivity index is 1.34. The first-order chi connectivity index (χ1) is 19.0. The van der Waals surface area contributed by atoms with Crippen molar-refractivity contribution in [3.8, 4) is 5.75 Å². The van der Waals surface area contributed by atoms with Gasteiger partial charge in [-0.1, -0.05) is 102 Å². The van der Waals surface area contributed by atoms with E-state index in [0.29, 0.717) is 6.54 Å². The molecule has 0 saturated heterocycles. The van der Waals surface area contributed by atoms with Crippen LogP contribution < -0.4 is 9.64 Å². The van der Waals surface area contributed by atoms with E-state index in [1.807, 2.05) is 40.9 Å². The van der Waals surface area contributed by atoms with Crippen molar-refractivity contribution < 1.29 is 9.53 Å². The number of allylic oxidation sites excluding steroid dienone is 1. The van der Waals surface area contributed by atoms with Crippen LogP contribution in [-0.2, 0) is 17.9 Å². The van der Waals surface area contributed by atoms with E-state index < -0.39 is 0 Å². The Morgan fingerprint density at radius 1 is 0.872 bits per heavy atom. The lowest BCUT2D eigenvalue weighted by Crippen LogP contribution is -2.28. The SMILES string of the molecule is CCCCCCCCCCCCCCOc1ccc(CN(C(C)=O)c2cccc(CN3C=C(C)SC3)c2)cc1. The maximum Gasteiger partial charge on any atom is 0.224 e. The maximum absolute atomic E-state index is 12.5. The lowest BCUT2D eigenvalue weighted by atomic mass is 10.1. The van der Waals surface area contributed by atoms with Crippen LogP contribution in [-0.4, -0.2) is 23.3 Å². The number of anilines is 1. The molecule has 4 nitrogen and oxygen atoms in total. The Morgan fingerprint density at radius 2 is 1.51 bits per heavy atom. The van der Waals surface area contributed by atoms with E-state index in [-0.39, 0.29) is 5.91 Å². The fourth-order valence-electron chi connectivity index (χ4n) is 5.06. The van der Waals surface area contributed by atoms with E-state index in [1.54, 1.807) is 6.92 Å². The number of unbranched alkanes of at least 4 members (excludes halogenated alkanes) is 11. The lowest BCUT2D eigenvalue weighted by Gasteiger charge is -2.23. The topological polar surface area (TPSA) is 32.8 Å². The molecule has 0 fully saturated rings. The molecule has 214 valence electrons. The standard InChI is InChI=1S/C34H50N2O2S/c1-4-5-6-7-8-9-10-11-12-13-14-15-23-38-34-21-19-31(20-22-34)27-36(30(3)37)33-18-16-17-32(24-33)26-35-25-29(2)39-28-35/h16-22,24-25H,4-15,23,26-28H2,1-3H3. The Labute approximate surface area is 242 Å². The second-order valence-electron chi connectivity index (χ2n) is 10.9. The second-order valence-corrected chi connectivity index (χ2v) is 12.1. The summed E-state index contributed by atoms with van der Waals surface area (Å²) in [6, 6.07) is 16.6. The van der Waals surface area contributed by atoms with Crippen LogP contribution in [0.1, 0.15) is 109 Å². The number of benzene rings is 2. The van der Waals surface area contributed by atoms with E-state index >= 15 is 0 Å². The molecule has 0 atom stereocenters. The molecule has 0 spiro atoms. The number of hydrogen-bond acceptors (Lipinski definition) is 4. The van der Waals surface area contributed by atoms with E-state index in [1.165, 1.54) is 81.1 Å². The Bertz CT molecular complexity index is 1000. The van der Waals surface area contributed by atoms with Crippen molar-refractivity contribution in [1.82, 2.24) is 4.90 Å². The minimum Gasteiger partial charge on any atom is -0.494 e. The van der Waals surface area contributed by atoms with Gasteiger partial charge in [0.05, 0.1) is 19.0 Å². The molecule has 0 N–H and O–H groups in total. The summed E-state index contributed by atoms with van der Waals surface area (Å²) in [4.78, 5) is 18.1. The summed E-state index contributed by atoms with van der Waals surface area (Å²) in [5, 5.41) is 0. The number of thioether (sulfide) groups is 1. The van der Waals surface area contributed by atoms with Crippen molar-refractivity contribution in [2.75, 3.05) is 17.4 Å². The van der Waals surface area contributed by atoms with Gasteiger partial charge < -0.3 is 14.5 Å². The molecule has 2 aromatic carbocycles. The minimum absolute atomic E-state index is 0.0481. The number of rotatable bonds is 19. The first kappa shape index (κ1) is 31.1. The molecule has 5 heteroatoms. The fourth-order valence-corrected chi connectivity index (χ4v) is 5.81. The van der Waals surface area contributed by atoms with Gasteiger partial charge in [0.15, 0.2) is 0 Å². The number of ether oxygens (including phenoxy) is 1. The number of amides is 1. The van der Waals surface area contributed by atoms with Gasteiger partial charge >= 0.3 is 0 Å². The molecule has 0 radical (unpaired) electrons. The number of carbonyl (C=O) groups is 1. The third-order valence-electron chi connectivity index (χ3n) is 7.34. The van der Waals surface area contributed by atoms with Crippen molar-refractivity contribution >= 4 is 23.4 Å². The van der Waals surface area contributed by atoms with Crippen LogP contribution >= 0.6 is 11.8 Å². The van der Waals surface area contributed by atoms with Crippen molar-refractivity contribution in [3.05, 3.63) is 70.8 Å². The van der Waals surface area contributed by atoms with Crippen molar-refractivity contribution in [3.63, 3.8) is 0 Å². The number of carbonyl (C=O) groups excluding carboxylic acids is 1. The normalized spacial score (nSPS) is 13.0. The summed E-state index contributed by atoms with van der Waals surface area (Å²) in [5.74, 6) is 1.94. The molecule has 0 unspecified atom stereocenters. The van der Waals surface area contributed by atoms with Gasteiger partial charge in [-0.05, 0) is 53.6 Å². The molecule has 3 rings (SSSR count). The van der Waals surface area contributed by atoms with Crippen LogP contribution in [0.4, 0.5) is 5.69 Å². The predicted molar refractivity (Wildman–Crippen MR) is 168 cm³/mol. The number of hydrogen-bond donors (Lipinski definition) is 0. The zero-order valence-corrected chi connectivity index (χ0v) is 25.4. The molecular weight excluding hydrogens is 500 g/mol. The van der Waals surface area contributed by atoms with Crippen molar-refractivity contribution in [1.29, 1.82) is 0 Å². The molecule has 1 aliphatic heterocycles. The monoisotopic (exact) mass is 550 g/mol. The fraction of sp³-hybridized carbons (Fsp3) is 0.559. The van der Waals surface area contributed by atoms with Gasteiger partial charge in [-0.15, -0.1) is 11.8 Å². The van der Waals surface area contributed by atoms with Gasteiger partial charge in [0.25, 0.3) is 0 Å². The van der Waals surface area contributed by atoms with E-state index in [2.05, 4.69) is 49.2 Å². The van der Waals surface area contributed by atoms with Crippen LogP contribution in [0, 0.1) is 0 Å². The van der Waals surface area contributed by atoms with E-state index in [4.69, 9.17) is 4.74 Å². The highest BCUT2D eigenvalue weighted by Gasteiger charge is 2.15. The van der Waals surface area contributed by atoms with Crippen LogP contribution in [0.3, 0.4) is 0 Å². The summed E-state index contributed by atoms with van der Waals surface area (Å²) >= 11 is 1.87. The molecular formula is C34H50N2O2S. The molecule has 1 aliphatic rings. The smallest absolute Gasteiger partial charge is 0.224 e. The quantitative estimate of drug-likeness (QED) is 0.163. The Hall–Kier alpha value is -2.40. The zero-order chi connectivity index (χ0) is 27.7. The van der Waals surface area contributed by atoms with Gasteiger partial charge in [0, 0.05) is 25.4 Å². The largest absolute Gasteiger partial charge is 0.494 e. The summed E-state index contributed by atoms with van der Waals surface area (Å²) in [5.41, 5.74) is 3.26. The van der Waals surface area contributed by atoms with Gasteiger partial charge in [-0.2, -0.15) is 0 Å². The Kier molecular flexibility index (Phi) is 14.4. The van der Waals surface area contributed by atoms with E-state index in [9.17, 15) is 4.79 Å². The molecule has 0 aliphatic carbocycles. The average Bonchev–Trinajstić information content (AvgIpc) is 3.34. The molecule has 0 saturated carbocycles. The number of nitrogens with zero attached hydrogens (tertiary/aromatic N) is 2. The van der Waals surface area contributed by atoms with Crippen LogP contribution in [0.15, 0.2) is 59.6 Å². The third kappa shape index (κ3) is 12.1. The molecule has 0 aromatic heterocycles. The highest BCUT2D eigenvalue weighted by atomic mass is 32.2. The highest BCUT2D eigenvalue weighted by Crippen LogP contribution is 2.27. The molecule has 0 bridgehead atoms. The summed E-state index contributed by atoms with van der Waals surface area (Å²) in [7, 11) is 0. The Morgan fingerprint density at radius 3 is 2.10 bits per heavy atom. The maximum atomic E-state index is 12.5. The van der Waals surface area contributed by atoms with Gasteiger partial charge in [-0.25, -0.2) is 0 Å². The first-order valence-electron chi connectivity index (χ1n) is 15.2. The molecule has 39 heavy (non-hydrogen) atoms. The van der Waals surface area contributed by atoms with Gasteiger partial charge in [-0.3, -0.25) is 4.79 Å². The summed E-state index contributed by atoms with van der Waals surface area (Å²) < 4.78 is 5.98. The predicted octanol–water partition coefficient (Wildman–Crippen LogP) is 9.69. The van der Waals surface area contributed by atoms with Crippen molar-refractivity contribution in [2.24, 2.45) is 0 Å². The van der Waals surface area contributed by atoms with E-state index in [0.717, 1.165) is 42.4 Å². The summed E-state index contributed by atoms with van der Waals surface area (Å²) in [6.45, 7) is 8.25. The molecule has 1 heterocycles. The molecule has 1 amide bonds. The van der Waals surface area contributed by atoms with Crippen molar-refractivity contribution in [2.45, 2.75) is 111 Å². The van der Waals surface area contributed by atoms with Gasteiger partial charge in [0.2, 0.25) is 5.91 Å². The van der Waals surface area contributed by atoms with Crippen LogP contribution in [0.5, 0.6) is 5.75 Å². The minimum atomic E-state index is 0.0481. The molecule has 2 aromatic rings. The lowest BCUT2D eigenvalue weighted by molar-refractivity contribution is -0.116. The van der Waals surface area contributed by atoms with Crippen LogP contribution in [0.2, 0.25) is 0 Å². The van der Waals surface area contributed by atoms with Crippen LogP contribution in [0.25, 0.3) is 0 Å². The third-order valence-corrected chi connectivity index (χ3v) is 8.36. The average molecular weight is 551 g/mol. The first-order valence-corrected chi connectivity index (χ1v) is 16.2. The highest BCUT2D eigenvalue weighted by molar-refractivity contribution is 8.03.